The molecular weight excluding hydrogens is 270 g/mol. The van der Waals surface area contributed by atoms with Crippen LogP contribution in [0.2, 0.25) is 0 Å². The molecule has 110 valence electrons. The first kappa shape index (κ1) is 13.7. The average molecular weight is 287 g/mol. The summed E-state index contributed by atoms with van der Waals surface area (Å²) in [7, 11) is 0. The van der Waals surface area contributed by atoms with Gasteiger partial charge in [0.05, 0.1) is 18.3 Å². The van der Waals surface area contributed by atoms with E-state index in [9.17, 15) is 4.79 Å². The maximum Gasteiger partial charge on any atom is 0.293 e. The third-order valence-electron chi connectivity index (χ3n) is 3.54. The van der Waals surface area contributed by atoms with E-state index in [2.05, 4.69) is 25.8 Å². The zero-order valence-corrected chi connectivity index (χ0v) is 11.8. The second-order valence-electron chi connectivity index (χ2n) is 5.05. The lowest BCUT2D eigenvalue weighted by Gasteiger charge is -2.04. The summed E-state index contributed by atoms with van der Waals surface area (Å²) in [6.07, 6.45) is 3.73. The van der Waals surface area contributed by atoms with Crippen LogP contribution in [0, 0.1) is 6.92 Å². The lowest BCUT2D eigenvalue weighted by molar-refractivity contribution is 0.0937. The summed E-state index contributed by atoms with van der Waals surface area (Å²) in [4.78, 5) is 20.4. The van der Waals surface area contributed by atoms with Crippen molar-refractivity contribution in [2.75, 3.05) is 6.54 Å². The highest BCUT2D eigenvalue weighted by Gasteiger charge is 2.24. The SMILES string of the molecule is Cc1cccnc1CNC(=O)c1noc(C2CCCN2)n1. The minimum absolute atomic E-state index is 0.0623. The number of aryl methyl sites for hydroxylation is 1. The number of aromatic nitrogens is 3. The van der Waals surface area contributed by atoms with Crippen molar-refractivity contribution in [3.63, 3.8) is 0 Å². The topological polar surface area (TPSA) is 92.9 Å². The fraction of sp³-hybridized carbons (Fsp3) is 0.429. The molecule has 0 aromatic carbocycles. The standard InChI is InChI=1S/C14H17N5O2/c1-9-4-2-6-16-11(9)8-17-13(20)12-18-14(21-19-12)10-5-3-7-15-10/h2,4,6,10,15H,3,5,7-8H2,1H3,(H,17,20). The van der Waals surface area contributed by atoms with Gasteiger partial charge in [-0.3, -0.25) is 9.78 Å². The predicted molar refractivity (Wildman–Crippen MR) is 74.4 cm³/mol. The summed E-state index contributed by atoms with van der Waals surface area (Å²) in [5, 5.41) is 9.74. The molecule has 1 fully saturated rings. The summed E-state index contributed by atoms with van der Waals surface area (Å²) < 4.78 is 5.15. The molecule has 2 N–H and O–H groups in total. The van der Waals surface area contributed by atoms with E-state index in [1.807, 2.05) is 19.1 Å². The van der Waals surface area contributed by atoms with Gasteiger partial charge in [0, 0.05) is 6.20 Å². The van der Waals surface area contributed by atoms with E-state index in [1.165, 1.54) is 0 Å². The highest BCUT2D eigenvalue weighted by Crippen LogP contribution is 2.20. The van der Waals surface area contributed by atoms with Crippen molar-refractivity contribution in [3.8, 4) is 0 Å². The molecule has 1 amide bonds. The van der Waals surface area contributed by atoms with Gasteiger partial charge in [0.2, 0.25) is 5.89 Å². The summed E-state index contributed by atoms with van der Waals surface area (Å²) >= 11 is 0. The lowest BCUT2D eigenvalue weighted by atomic mass is 10.2. The Labute approximate surface area is 122 Å². The van der Waals surface area contributed by atoms with Crippen LogP contribution >= 0.6 is 0 Å². The van der Waals surface area contributed by atoms with Crippen LogP contribution in [0.5, 0.6) is 0 Å². The maximum atomic E-state index is 12.0. The fourth-order valence-electron chi connectivity index (χ4n) is 2.31. The largest absolute Gasteiger partial charge is 0.344 e. The Kier molecular flexibility index (Phi) is 3.92. The average Bonchev–Trinajstić information content (AvgIpc) is 3.16. The first-order valence-electron chi connectivity index (χ1n) is 7.00. The number of amides is 1. The number of pyridine rings is 1. The molecule has 3 heterocycles. The first-order valence-corrected chi connectivity index (χ1v) is 7.00. The quantitative estimate of drug-likeness (QED) is 0.875. The maximum absolute atomic E-state index is 12.0. The van der Waals surface area contributed by atoms with Crippen LogP contribution in [-0.2, 0) is 6.54 Å². The number of nitrogens with one attached hydrogen (secondary N) is 2. The van der Waals surface area contributed by atoms with Gasteiger partial charge in [-0.15, -0.1) is 0 Å². The van der Waals surface area contributed by atoms with Crippen LogP contribution in [-0.4, -0.2) is 27.6 Å². The van der Waals surface area contributed by atoms with Crippen LogP contribution in [0.1, 0.15) is 46.7 Å². The van der Waals surface area contributed by atoms with E-state index in [0.29, 0.717) is 12.4 Å². The van der Waals surface area contributed by atoms with Crippen LogP contribution in [0.3, 0.4) is 0 Å². The van der Waals surface area contributed by atoms with Gasteiger partial charge < -0.3 is 15.2 Å². The number of hydrogen-bond acceptors (Lipinski definition) is 6. The molecule has 2 aromatic heterocycles. The van der Waals surface area contributed by atoms with Crippen LogP contribution < -0.4 is 10.6 Å². The fourth-order valence-corrected chi connectivity index (χ4v) is 2.31. The van der Waals surface area contributed by atoms with E-state index in [1.54, 1.807) is 6.20 Å². The van der Waals surface area contributed by atoms with Crippen molar-refractivity contribution in [1.29, 1.82) is 0 Å². The normalized spacial score (nSPS) is 17.9. The number of carbonyl (C=O) groups is 1. The van der Waals surface area contributed by atoms with Crippen molar-refractivity contribution in [1.82, 2.24) is 25.8 Å². The predicted octanol–water partition coefficient (Wildman–Crippen LogP) is 1.13. The second-order valence-corrected chi connectivity index (χ2v) is 5.05. The second kappa shape index (κ2) is 6.01. The molecule has 1 atom stereocenters. The monoisotopic (exact) mass is 287 g/mol. The molecule has 0 saturated carbocycles. The smallest absolute Gasteiger partial charge is 0.293 e. The van der Waals surface area contributed by atoms with Gasteiger partial charge in [0.15, 0.2) is 0 Å². The molecule has 21 heavy (non-hydrogen) atoms. The molecule has 0 aliphatic carbocycles. The summed E-state index contributed by atoms with van der Waals surface area (Å²) in [6.45, 7) is 3.23. The molecule has 1 aliphatic rings. The first-order chi connectivity index (χ1) is 10.2. The number of rotatable bonds is 4. The van der Waals surface area contributed by atoms with Crippen molar-refractivity contribution < 1.29 is 9.32 Å². The van der Waals surface area contributed by atoms with Crippen LogP contribution in [0.4, 0.5) is 0 Å². The van der Waals surface area contributed by atoms with E-state index in [0.717, 1.165) is 30.6 Å². The number of nitrogens with zero attached hydrogens (tertiary/aromatic N) is 3. The van der Waals surface area contributed by atoms with Crippen molar-refractivity contribution in [2.24, 2.45) is 0 Å². The molecule has 0 radical (unpaired) electrons. The van der Waals surface area contributed by atoms with Crippen LogP contribution in [0.15, 0.2) is 22.9 Å². The highest BCUT2D eigenvalue weighted by molar-refractivity contribution is 5.90. The zero-order chi connectivity index (χ0) is 14.7. The number of hydrogen-bond donors (Lipinski definition) is 2. The molecular formula is C14H17N5O2. The molecule has 1 saturated heterocycles. The van der Waals surface area contributed by atoms with Gasteiger partial charge in [-0.25, -0.2) is 0 Å². The molecule has 3 rings (SSSR count). The Bertz CT molecular complexity index is 634. The zero-order valence-electron chi connectivity index (χ0n) is 11.8. The molecule has 7 heteroatoms. The lowest BCUT2D eigenvalue weighted by Crippen LogP contribution is -2.25. The third kappa shape index (κ3) is 3.08. The van der Waals surface area contributed by atoms with E-state index in [4.69, 9.17) is 4.52 Å². The van der Waals surface area contributed by atoms with Gasteiger partial charge in [-0.05, 0) is 37.9 Å². The molecule has 7 nitrogen and oxygen atoms in total. The van der Waals surface area contributed by atoms with Gasteiger partial charge in [-0.2, -0.15) is 4.98 Å². The van der Waals surface area contributed by atoms with E-state index >= 15 is 0 Å². The van der Waals surface area contributed by atoms with Gasteiger partial charge in [-0.1, -0.05) is 11.2 Å². The summed E-state index contributed by atoms with van der Waals surface area (Å²) in [5.74, 6) is 0.187. The Morgan fingerprint density at radius 2 is 2.48 bits per heavy atom. The Morgan fingerprint density at radius 1 is 1.57 bits per heavy atom. The van der Waals surface area contributed by atoms with Crippen LogP contribution in [0.25, 0.3) is 0 Å². The van der Waals surface area contributed by atoms with Crippen molar-refractivity contribution in [2.45, 2.75) is 32.4 Å². The Hall–Kier alpha value is -2.28. The molecule has 1 aliphatic heterocycles. The molecule has 0 bridgehead atoms. The van der Waals surface area contributed by atoms with Gasteiger partial charge in [0.1, 0.15) is 0 Å². The van der Waals surface area contributed by atoms with E-state index < -0.39 is 0 Å². The molecule has 1 unspecified atom stereocenters. The van der Waals surface area contributed by atoms with Crippen molar-refractivity contribution >= 4 is 5.91 Å². The Morgan fingerprint density at radius 3 is 3.24 bits per heavy atom. The van der Waals surface area contributed by atoms with Gasteiger partial charge >= 0.3 is 0 Å². The van der Waals surface area contributed by atoms with Gasteiger partial charge in [0.25, 0.3) is 11.7 Å². The molecule has 2 aromatic rings. The van der Waals surface area contributed by atoms with E-state index in [-0.39, 0.29) is 17.8 Å². The minimum atomic E-state index is -0.354. The third-order valence-corrected chi connectivity index (χ3v) is 3.54. The Balaban J connectivity index is 1.62. The minimum Gasteiger partial charge on any atom is -0.344 e. The number of carbonyl (C=O) groups excluding carboxylic acids is 1. The summed E-state index contributed by atoms with van der Waals surface area (Å²) in [5.41, 5.74) is 1.86. The molecule has 0 spiro atoms. The van der Waals surface area contributed by atoms with Crippen molar-refractivity contribution in [3.05, 3.63) is 41.3 Å². The summed E-state index contributed by atoms with van der Waals surface area (Å²) in [6, 6.07) is 3.88. The highest BCUT2D eigenvalue weighted by atomic mass is 16.5.